The van der Waals surface area contributed by atoms with Crippen LogP contribution in [-0.4, -0.2) is 37.3 Å². The SMILES string of the molecule is O=C(N[C@@H](CC1CCCCC1)C(=O)NCCNc1ccc(OC(F)(F)F)cc1)c1sccc1-c1ccccc1. The first-order chi connectivity index (χ1) is 18.8. The fraction of sp³-hybridized carbons (Fsp3) is 0.379. The minimum Gasteiger partial charge on any atom is -0.406 e. The summed E-state index contributed by atoms with van der Waals surface area (Å²) in [4.78, 5) is 27.1. The van der Waals surface area contributed by atoms with E-state index in [-0.39, 0.29) is 24.1 Å². The van der Waals surface area contributed by atoms with Gasteiger partial charge >= 0.3 is 6.36 Å². The molecule has 1 fully saturated rings. The molecule has 1 heterocycles. The van der Waals surface area contributed by atoms with Crippen LogP contribution in [-0.2, 0) is 4.79 Å². The van der Waals surface area contributed by atoms with Crippen LogP contribution in [0, 0.1) is 5.92 Å². The van der Waals surface area contributed by atoms with Gasteiger partial charge in [0.2, 0.25) is 5.91 Å². The number of anilines is 1. The van der Waals surface area contributed by atoms with E-state index in [2.05, 4.69) is 20.7 Å². The molecule has 39 heavy (non-hydrogen) atoms. The van der Waals surface area contributed by atoms with Crippen molar-refractivity contribution in [2.75, 3.05) is 18.4 Å². The average molecular weight is 560 g/mol. The zero-order valence-corrected chi connectivity index (χ0v) is 22.2. The van der Waals surface area contributed by atoms with Crippen LogP contribution in [0.1, 0.15) is 48.2 Å². The van der Waals surface area contributed by atoms with Crippen LogP contribution in [0.4, 0.5) is 18.9 Å². The third kappa shape index (κ3) is 8.74. The molecule has 3 aromatic rings. The van der Waals surface area contributed by atoms with E-state index in [0.717, 1.165) is 36.8 Å². The van der Waals surface area contributed by atoms with Crippen molar-refractivity contribution < 1.29 is 27.5 Å². The molecule has 1 aromatic heterocycles. The number of hydrogen-bond acceptors (Lipinski definition) is 5. The highest BCUT2D eigenvalue weighted by Gasteiger charge is 2.31. The van der Waals surface area contributed by atoms with Gasteiger partial charge in [0.25, 0.3) is 5.91 Å². The van der Waals surface area contributed by atoms with Crippen LogP contribution in [0.3, 0.4) is 0 Å². The molecule has 1 saturated carbocycles. The zero-order chi connectivity index (χ0) is 27.7. The number of thiophene rings is 1. The van der Waals surface area contributed by atoms with Crippen molar-refractivity contribution in [3.8, 4) is 16.9 Å². The van der Waals surface area contributed by atoms with Gasteiger partial charge in [0, 0.05) is 24.3 Å². The number of rotatable bonds is 11. The van der Waals surface area contributed by atoms with Gasteiger partial charge < -0.3 is 20.7 Å². The van der Waals surface area contributed by atoms with Gasteiger partial charge in [0.1, 0.15) is 11.8 Å². The lowest BCUT2D eigenvalue weighted by Crippen LogP contribution is -2.48. The molecule has 208 valence electrons. The van der Waals surface area contributed by atoms with Gasteiger partial charge in [-0.05, 0) is 53.6 Å². The van der Waals surface area contributed by atoms with Crippen molar-refractivity contribution in [2.45, 2.75) is 50.9 Å². The molecular formula is C29H32F3N3O3S. The summed E-state index contributed by atoms with van der Waals surface area (Å²) >= 11 is 1.35. The van der Waals surface area contributed by atoms with Crippen molar-refractivity contribution in [3.63, 3.8) is 0 Å². The van der Waals surface area contributed by atoms with E-state index in [0.29, 0.717) is 29.4 Å². The number of benzene rings is 2. The van der Waals surface area contributed by atoms with Gasteiger partial charge in [-0.15, -0.1) is 24.5 Å². The molecule has 2 aromatic carbocycles. The molecule has 2 amide bonds. The van der Waals surface area contributed by atoms with Crippen LogP contribution in [0.5, 0.6) is 5.75 Å². The van der Waals surface area contributed by atoms with Gasteiger partial charge in [0.05, 0.1) is 4.88 Å². The minimum atomic E-state index is -4.74. The highest BCUT2D eigenvalue weighted by molar-refractivity contribution is 7.12. The lowest BCUT2D eigenvalue weighted by Gasteiger charge is -2.26. The second-order valence-corrected chi connectivity index (χ2v) is 10.5. The molecule has 6 nitrogen and oxygen atoms in total. The van der Waals surface area contributed by atoms with Crippen molar-refractivity contribution in [3.05, 3.63) is 70.9 Å². The van der Waals surface area contributed by atoms with Crippen molar-refractivity contribution >= 4 is 28.8 Å². The summed E-state index contributed by atoms with van der Waals surface area (Å²) in [5, 5.41) is 10.8. The number of amides is 2. The first-order valence-electron chi connectivity index (χ1n) is 13.1. The molecule has 0 radical (unpaired) electrons. The van der Waals surface area contributed by atoms with Crippen LogP contribution in [0.15, 0.2) is 66.0 Å². The van der Waals surface area contributed by atoms with E-state index in [1.807, 2.05) is 41.8 Å². The third-order valence-corrected chi connectivity index (χ3v) is 7.63. The number of carbonyl (C=O) groups excluding carboxylic acids is 2. The standard InChI is InChI=1S/C29H32F3N3O3S/c30-29(31,32)38-23-13-11-22(12-14-23)33-16-17-34-27(36)25(19-20-7-3-1-4-8-20)35-28(37)26-24(15-18-39-26)21-9-5-2-6-10-21/h2,5-6,9-15,18,20,25,33H,1,3-4,7-8,16-17,19H2,(H,34,36)(H,35,37)/t25-/m0/s1. The van der Waals surface area contributed by atoms with Gasteiger partial charge in [0.15, 0.2) is 0 Å². The molecule has 0 bridgehead atoms. The highest BCUT2D eigenvalue weighted by atomic mass is 32.1. The maximum Gasteiger partial charge on any atom is 0.573 e. The first-order valence-corrected chi connectivity index (χ1v) is 14.0. The Balaban J connectivity index is 1.34. The Bertz CT molecular complexity index is 1210. The van der Waals surface area contributed by atoms with E-state index >= 15 is 0 Å². The topological polar surface area (TPSA) is 79.5 Å². The van der Waals surface area contributed by atoms with Crippen molar-refractivity contribution in [1.29, 1.82) is 0 Å². The maximum absolute atomic E-state index is 13.3. The molecule has 1 atom stereocenters. The highest BCUT2D eigenvalue weighted by Crippen LogP contribution is 2.30. The predicted molar refractivity (Wildman–Crippen MR) is 147 cm³/mol. The van der Waals surface area contributed by atoms with Crippen LogP contribution < -0.4 is 20.7 Å². The molecule has 4 rings (SSSR count). The number of ether oxygens (including phenoxy) is 1. The number of alkyl halides is 3. The van der Waals surface area contributed by atoms with E-state index in [1.54, 1.807) is 0 Å². The lowest BCUT2D eigenvalue weighted by atomic mass is 9.84. The molecule has 3 N–H and O–H groups in total. The van der Waals surface area contributed by atoms with Gasteiger partial charge in [-0.1, -0.05) is 62.4 Å². The monoisotopic (exact) mass is 559 g/mol. The van der Waals surface area contributed by atoms with Crippen LogP contribution in [0.2, 0.25) is 0 Å². The zero-order valence-electron chi connectivity index (χ0n) is 21.4. The van der Waals surface area contributed by atoms with E-state index in [9.17, 15) is 22.8 Å². The first kappa shape index (κ1) is 28.5. The van der Waals surface area contributed by atoms with E-state index in [4.69, 9.17) is 0 Å². The number of hydrogen-bond donors (Lipinski definition) is 3. The summed E-state index contributed by atoms with van der Waals surface area (Å²) in [5.41, 5.74) is 2.38. The van der Waals surface area contributed by atoms with Crippen molar-refractivity contribution in [1.82, 2.24) is 10.6 Å². The molecule has 10 heteroatoms. The Hall–Kier alpha value is -3.53. The number of halogens is 3. The number of carbonyl (C=O) groups is 2. The Morgan fingerprint density at radius 1 is 0.949 bits per heavy atom. The van der Waals surface area contributed by atoms with Crippen LogP contribution in [0.25, 0.3) is 11.1 Å². The Kier molecular flexibility index (Phi) is 9.86. The van der Waals surface area contributed by atoms with E-state index in [1.165, 1.54) is 42.0 Å². The summed E-state index contributed by atoms with van der Waals surface area (Å²) in [6, 6.07) is 16.3. The van der Waals surface area contributed by atoms with Gasteiger partial charge in [-0.25, -0.2) is 0 Å². The Morgan fingerprint density at radius 3 is 2.36 bits per heavy atom. The van der Waals surface area contributed by atoms with Crippen LogP contribution >= 0.6 is 11.3 Å². The molecule has 1 aliphatic rings. The second kappa shape index (κ2) is 13.5. The predicted octanol–water partition coefficient (Wildman–Crippen LogP) is 6.61. The van der Waals surface area contributed by atoms with Gasteiger partial charge in [-0.3, -0.25) is 9.59 Å². The lowest BCUT2D eigenvalue weighted by molar-refractivity contribution is -0.274. The normalized spacial score (nSPS) is 14.8. The van der Waals surface area contributed by atoms with Gasteiger partial charge in [-0.2, -0.15) is 0 Å². The molecule has 0 aliphatic heterocycles. The maximum atomic E-state index is 13.3. The van der Waals surface area contributed by atoms with E-state index < -0.39 is 12.4 Å². The third-order valence-electron chi connectivity index (χ3n) is 6.71. The fourth-order valence-corrected chi connectivity index (χ4v) is 5.65. The number of nitrogens with one attached hydrogen (secondary N) is 3. The smallest absolute Gasteiger partial charge is 0.406 e. The van der Waals surface area contributed by atoms with Crippen molar-refractivity contribution in [2.24, 2.45) is 5.92 Å². The molecular weight excluding hydrogens is 527 g/mol. The average Bonchev–Trinajstić information content (AvgIpc) is 3.42. The Labute approximate surface area is 230 Å². The summed E-state index contributed by atoms with van der Waals surface area (Å²) in [7, 11) is 0. The molecule has 0 unspecified atom stereocenters. The Morgan fingerprint density at radius 2 is 1.67 bits per heavy atom. The fourth-order valence-electron chi connectivity index (χ4n) is 4.83. The molecule has 0 saturated heterocycles. The summed E-state index contributed by atoms with van der Waals surface area (Å²) < 4.78 is 40.9. The molecule has 1 aliphatic carbocycles. The minimum absolute atomic E-state index is 0.248. The summed E-state index contributed by atoms with van der Waals surface area (Å²) in [6.07, 6.45) is 1.39. The largest absolute Gasteiger partial charge is 0.573 e. The quantitative estimate of drug-likeness (QED) is 0.231. The second-order valence-electron chi connectivity index (χ2n) is 9.59. The summed E-state index contributed by atoms with van der Waals surface area (Å²) in [6.45, 7) is 0.642. The summed E-state index contributed by atoms with van der Waals surface area (Å²) in [5.74, 6) is -0.437. The molecule has 0 spiro atoms.